The van der Waals surface area contributed by atoms with Crippen LogP contribution in [0.15, 0.2) is 17.5 Å². The Balaban J connectivity index is 2.39. The van der Waals surface area contributed by atoms with Crippen LogP contribution in [-0.2, 0) is 4.79 Å². The second-order valence-corrected chi connectivity index (χ2v) is 5.00. The van der Waals surface area contributed by atoms with Crippen molar-refractivity contribution in [3.63, 3.8) is 0 Å². The van der Waals surface area contributed by atoms with E-state index in [-0.39, 0.29) is 11.9 Å². The molecule has 0 aliphatic rings. The van der Waals surface area contributed by atoms with E-state index < -0.39 is 0 Å². The van der Waals surface area contributed by atoms with Gasteiger partial charge in [-0.15, -0.1) is 11.3 Å². The van der Waals surface area contributed by atoms with E-state index in [1.807, 2.05) is 24.4 Å². The van der Waals surface area contributed by atoms with Crippen molar-refractivity contribution < 1.29 is 4.79 Å². The molecule has 0 aromatic carbocycles. The van der Waals surface area contributed by atoms with Gasteiger partial charge in [0.05, 0.1) is 6.04 Å². The summed E-state index contributed by atoms with van der Waals surface area (Å²) >= 11 is 1.66. The van der Waals surface area contributed by atoms with Crippen molar-refractivity contribution in [2.75, 3.05) is 6.54 Å². The average molecular weight is 240 g/mol. The van der Waals surface area contributed by atoms with Gasteiger partial charge in [0.2, 0.25) is 5.91 Å². The average Bonchev–Trinajstić information content (AvgIpc) is 2.79. The first kappa shape index (κ1) is 13.2. The predicted molar refractivity (Wildman–Crippen MR) is 68.3 cm³/mol. The first-order valence-electron chi connectivity index (χ1n) is 5.70. The molecule has 1 aromatic rings. The highest BCUT2D eigenvalue weighted by Gasteiger charge is 2.14. The standard InChI is InChI=1S/C12H20N2OS/c1-3-10(8-13)7-12(15)14-9(2)11-5-4-6-16-11/h4-6,9-10H,3,7-8,13H2,1-2H3,(H,14,15). The molecule has 1 heterocycles. The molecule has 4 heteroatoms. The van der Waals surface area contributed by atoms with Gasteiger partial charge in [0.15, 0.2) is 0 Å². The number of hydrogen-bond donors (Lipinski definition) is 2. The van der Waals surface area contributed by atoms with Gasteiger partial charge >= 0.3 is 0 Å². The Labute approximate surface area is 101 Å². The number of nitrogens with one attached hydrogen (secondary N) is 1. The molecule has 0 radical (unpaired) electrons. The molecular weight excluding hydrogens is 220 g/mol. The lowest BCUT2D eigenvalue weighted by molar-refractivity contribution is -0.122. The number of rotatable bonds is 6. The molecule has 3 N–H and O–H groups in total. The molecule has 2 unspecified atom stereocenters. The van der Waals surface area contributed by atoms with Crippen molar-refractivity contribution in [2.45, 2.75) is 32.7 Å². The summed E-state index contributed by atoms with van der Waals surface area (Å²) in [4.78, 5) is 12.9. The molecule has 1 aromatic heterocycles. The molecule has 1 amide bonds. The predicted octanol–water partition coefficient (Wildman–Crippen LogP) is 2.30. The van der Waals surface area contributed by atoms with Crippen LogP contribution in [0.4, 0.5) is 0 Å². The fourth-order valence-electron chi connectivity index (χ4n) is 1.57. The lowest BCUT2D eigenvalue weighted by Crippen LogP contribution is -2.29. The van der Waals surface area contributed by atoms with E-state index in [1.165, 1.54) is 4.88 Å². The molecule has 3 nitrogen and oxygen atoms in total. The SMILES string of the molecule is CCC(CN)CC(=O)NC(C)c1cccs1. The van der Waals surface area contributed by atoms with E-state index in [0.29, 0.717) is 18.9 Å². The van der Waals surface area contributed by atoms with Crippen LogP contribution in [0.2, 0.25) is 0 Å². The Bertz CT molecular complexity index is 307. The minimum Gasteiger partial charge on any atom is -0.349 e. The van der Waals surface area contributed by atoms with Gasteiger partial charge < -0.3 is 11.1 Å². The van der Waals surface area contributed by atoms with Crippen LogP contribution in [-0.4, -0.2) is 12.5 Å². The molecule has 2 atom stereocenters. The summed E-state index contributed by atoms with van der Waals surface area (Å²) in [6.45, 7) is 4.65. The minimum atomic E-state index is 0.0956. The number of nitrogens with two attached hydrogens (primary N) is 1. The van der Waals surface area contributed by atoms with Gasteiger partial charge in [-0.1, -0.05) is 19.4 Å². The molecule has 0 spiro atoms. The van der Waals surface area contributed by atoms with Crippen LogP contribution >= 0.6 is 11.3 Å². The van der Waals surface area contributed by atoms with E-state index in [1.54, 1.807) is 11.3 Å². The lowest BCUT2D eigenvalue weighted by atomic mass is 10.0. The second-order valence-electron chi connectivity index (χ2n) is 4.02. The summed E-state index contributed by atoms with van der Waals surface area (Å²) in [5.41, 5.74) is 5.58. The van der Waals surface area contributed by atoms with Gasteiger partial charge in [0.25, 0.3) is 0 Å². The maximum atomic E-state index is 11.7. The molecule has 90 valence electrons. The van der Waals surface area contributed by atoms with E-state index in [0.717, 1.165) is 6.42 Å². The van der Waals surface area contributed by atoms with Gasteiger partial charge in [-0.3, -0.25) is 4.79 Å². The van der Waals surface area contributed by atoms with E-state index in [2.05, 4.69) is 12.2 Å². The summed E-state index contributed by atoms with van der Waals surface area (Å²) in [6, 6.07) is 4.13. The zero-order chi connectivity index (χ0) is 12.0. The quantitative estimate of drug-likeness (QED) is 0.801. The zero-order valence-corrected chi connectivity index (χ0v) is 10.7. The van der Waals surface area contributed by atoms with E-state index in [4.69, 9.17) is 5.73 Å². The number of amides is 1. The maximum absolute atomic E-state index is 11.7. The van der Waals surface area contributed by atoms with E-state index >= 15 is 0 Å². The Morgan fingerprint density at radius 2 is 2.38 bits per heavy atom. The molecule has 0 saturated heterocycles. The van der Waals surface area contributed by atoms with Gasteiger partial charge in [-0.05, 0) is 30.8 Å². The van der Waals surface area contributed by atoms with Crippen LogP contribution in [0.5, 0.6) is 0 Å². The third kappa shape index (κ3) is 3.94. The zero-order valence-electron chi connectivity index (χ0n) is 9.90. The van der Waals surface area contributed by atoms with Crippen molar-refractivity contribution in [3.8, 4) is 0 Å². The normalized spacial score (nSPS) is 14.4. The van der Waals surface area contributed by atoms with Gasteiger partial charge in [0, 0.05) is 11.3 Å². The van der Waals surface area contributed by atoms with Crippen LogP contribution in [0.3, 0.4) is 0 Å². The van der Waals surface area contributed by atoms with Gasteiger partial charge in [-0.2, -0.15) is 0 Å². The Morgan fingerprint density at radius 3 is 2.88 bits per heavy atom. The van der Waals surface area contributed by atoms with Crippen molar-refractivity contribution in [2.24, 2.45) is 11.7 Å². The smallest absolute Gasteiger partial charge is 0.220 e. The van der Waals surface area contributed by atoms with Crippen LogP contribution in [0, 0.1) is 5.92 Å². The van der Waals surface area contributed by atoms with Crippen molar-refractivity contribution in [1.82, 2.24) is 5.32 Å². The number of hydrogen-bond acceptors (Lipinski definition) is 3. The summed E-state index contributed by atoms with van der Waals surface area (Å²) < 4.78 is 0. The minimum absolute atomic E-state index is 0.0956. The molecule has 0 aliphatic carbocycles. The molecule has 1 rings (SSSR count). The van der Waals surface area contributed by atoms with Crippen LogP contribution < -0.4 is 11.1 Å². The number of thiophene rings is 1. The number of carbonyl (C=O) groups excluding carboxylic acids is 1. The Kier molecular flexibility index (Phi) is 5.49. The third-order valence-corrected chi connectivity index (χ3v) is 3.79. The monoisotopic (exact) mass is 240 g/mol. The summed E-state index contributed by atoms with van der Waals surface area (Å²) in [7, 11) is 0. The van der Waals surface area contributed by atoms with Gasteiger partial charge in [0.1, 0.15) is 0 Å². The van der Waals surface area contributed by atoms with Crippen LogP contribution in [0.1, 0.15) is 37.6 Å². The number of carbonyl (C=O) groups is 1. The van der Waals surface area contributed by atoms with E-state index in [9.17, 15) is 4.79 Å². The van der Waals surface area contributed by atoms with Crippen molar-refractivity contribution >= 4 is 17.2 Å². The molecule has 0 bridgehead atoms. The van der Waals surface area contributed by atoms with Crippen LogP contribution in [0.25, 0.3) is 0 Å². The molecule has 0 aliphatic heterocycles. The maximum Gasteiger partial charge on any atom is 0.220 e. The highest BCUT2D eigenvalue weighted by molar-refractivity contribution is 7.10. The summed E-state index contributed by atoms with van der Waals surface area (Å²) in [6.07, 6.45) is 1.49. The topological polar surface area (TPSA) is 55.1 Å². The molecule has 0 fully saturated rings. The Hall–Kier alpha value is -0.870. The summed E-state index contributed by atoms with van der Waals surface area (Å²) in [5.74, 6) is 0.397. The Morgan fingerprint density at radius 1 is 1.62 bits per heavy atom. The second kappa shape index (κ2) is 6.66. The fourth-order valence-corrected chi connectivity index (χ4v) is 2.30. The first-order valence-corrected chi connectivity index (χ1v) is 6.58. The fraction of sp³-hybridized carbons (Fsp3) is 0.583. The molecular formula is C12H20N2OS. The largest absolute Gasteiger partial charge is 0.349 e. The first-order chi connectivity index (χ1) is 7.67. The van der Waals surface area contributed by atoms with Crippen molar-refractivity contribution in [1.29, 1.82) is 0 Å². The highest BCUT2D eigenvalue weighted by atomic mass is 32.1. The third-order valence-electron chi connectivity index (χ3n) is 2.73. The molecule has 0 saturated carbocycles. The van der Waals surface area contributed by atoms with Gasteiger partial charge in [-0.25, -0.2) is 0 Å². The highest BCUT2D eigenvalue weighted by Crippen LogP contribution is 2.18. The molecule has 16 heavy (non-hydrogen) atoms. The summed E-state index contributed by atoms with van der Waals surface area (Å²) in [5, 5.41) is 5.02. The lowest BCUT2D eigenvalue weighted by Gasteiger charge is -2.15. The van der Waals surface area contributed by atoms with Crippen molar-refractivity contribution in [3.05, 3.63) is 22.4 Å².